The molecule has 5 N–H and O–H groups in total. The van der Waals surface area contributed by atoms with Gasteiger partial charge in [0.05, 0.1) is 18.7 Å². The average molecular weight is 266 g/mol. The van der Waals surface area contributed by atoms with E-state index in [9.17, 15) is 14.4 Å². The molecule has 0 radical (unpaired) electrons. The average Bonchev–Trinajstić information content (AvgIpc) is 2.26. The summed E-state index contributed by atoms with van der Waals surface area (Å²) in [7, 11) is 0. The van der Waals surface area contributed by atoms with E-state index in [0.717, 1.165) is 6.20 Å². The van der Waals surface area contributed by atoms with Crippen LogP contribution in [0.4, 0.5) is 5.82 Å². The molecule has 8 heteroatoms. The van der Waals surface area contributed by atoms with Crippen LogP contribution in [0.5, 0.6) is 0 Å². The number of aromatic carboxylic acids is 1. The third kappa shape index (κ3) is 3.95. The Hall–Kier alpha value is -2.64. The van der Waals surface area contributed by atoms with Crippen LogP contribution in [-0.4, -0.2) is 41.0 Å². The number of carbonyl (C=O) groups excluding carboxylic acids is 2. The van der Waals surface area contributed by atoms with Gasteiger partial charge in [0, 0.05) is 6.20 Å². The summed E-state index contributed by atoms with van der Waals surface area (Å²) < 4.78 is 0. The van der Waals surface area contributed by atoms with Crippen molar-refractivity contribution in [1.82, 2.24) is 4.98 Å². The van der Waals surface area contributed by atoms with Crippen molar-refractivity contribution >= 4 is 23.6 Å². The summed E-state index contributed by atoms with van der Waals surface area (Å²) in [5, 5.41) is 8.83. The second-order valence-corrected chi connectivity index (χ2v) is 3.96. The van der Waals surface area contributed by atoms with Crippen molar-refractivity contribution in [2.24, 2.45) is 11.5 Å². The number of aryl methyl sites for hydroxylation is 1. The Balaban J connectivity index is 3.11. The van der Waals surface area contributed by atoms with E-state index in [4.69, 9.17) is 16.6 Å². The number of carboxylic acid groups (broad SMARTS) is 1. The summed E-state index contributed by atoms with van der Waals surface area (Å²) in [4.78, 5) is 37.9. The van der Waals surface area contributed by atoms with Crippen molar-refractivity contribution in [2.75, 3.05) is 18.0 Å². The first kappa shape index (κ1) is 14.4. The molecule has 0 aliphatic heterocycles. The third-order valence-corrected chi connectivity index (χ3v) is 2.29. The third-order valence-electron chi connectivity index (χ3n) is 2.29. The van der Waals surface area contributed by atoms with Crippen molar-refractivity contribution in [2.45, 2.75) is 6.92 Å². The normalized spacial score (nSPS) is 9.95. The number of pyridine rings is 1. The van der Waals surface area contributed by atoms with Crippen LogP contribution in [0.2, 0.25) is 0 Å². The molecule has 0 fully saturated rings. The molecule has 19 heavy (non-hydrogen) atoms. The van der Waals surface area contributed by atoms with Crippen LogP contribution < -0.4 is 16.4 Å². The zero-order valence-electron chi connectivity index (χ0n) is 10.3. The molecule has 0 atom stereocenters. The number of amides is 2. The van der Waals surface area contributed by atoms with Crippen molar-refractivity contribution in [3.8, 4) is 0 Å². The SMILES string of the molecule is Cc1cc(C(=O)O)cnc1N(CC(N)=O)CC(N)=O. The Morgan fingerprint density at radius 2 is 1.79 bits per heavy atom. The predicted octanol–water partition coefficient (Wildman–Crippen LogP) is -1.13. The van der Waals surface area contributed by atoms with Gasteiger partial charge in [-0.2, -0.15) is 0 Å². The molecular weight excluding hydrogens is 252 g/mol. The molecule has 2 amide bonds. The van der Waals surface area contributed by atoms with Crippen LogP contribution in [-0.2, 0) is 9.59 Å². The minimum atomic E-state index is -1.11. The predicted molar refractivity (Wildman–Crippen MR) is 66.5 cm³/mol. The Kier molecular flexibility index (Phi) is 4.41. The van der Waals surface area contributed by atoms with Gasteiger partial charge >= 0.3 is 5.97 Å². The van der Waals surface area contributed by atoms with Crippen LogP contribution in [0.3, 0.4) is 0 Å². The Labute approximate surface area is 109 Å². The second-order valence-electron chi connectivity index (χ2n) is 3.96. The fourth-order valence-corrected chi connectivity index (χ4v) is 1.60. The summed E-state index contributed by atoms with van der Waals surface area (Å²) in [5.41, 5.74) is 10.7. The molecule has 1 aromatic rings. The highest BCUT2D eigenvalue weighted by atomic mass is 16.4. The first-order valence-electron chi connectivity index (χ1n) is 5.32. The minimum absolute atomic E-state index is 0.0133. The van der Waals surface area contributed by atoms with Crippen molar-refractivity contribution in [3.05, 3.63) is 23.4 Å². The maximum atomic E-state index is 11.0. The van der Waals surface area contributed by atoms with E-state index in [0.29, 0.717) is 11.4 Å². The molecule has 0 spiro atoms. The molecule has 0 aliphatic carbocycles. The molecule has 0 saturated carbocycles. The monoisotopic (exact) mass is 266 g/mol. The molecule has 0 bridgehead atoms. The molecule has 0 aliphatic rings. The largest absolute Gasteiger partial charge is 0.478 e. The Morgan fingerprint density at radius 1 is 1.26 bits per heavy atom. The zero-order chi connectivity index (χ0) is 14.6. The lowest BCUT2D eigenvalue weighted by molar-refractivity contribution is -0.117. The van der Waals surface area contributed by atoms with Gasteiger partial charge in [0.2, 0.25) is 11.8 Å². The van der Waals surface area contributed by atoms with Gasteiger partial charge in [-0.25, -0.2) is 9.78 Å². The summed E-state index contributed by atoms with van der Waals surface area (Å²) in [6.07, 6.45) is 1.14. The van der Waals surface area contributed by atoms with Crippen molar-refractivity contribution in [3.63, 3.8) is 0 Å². The van der Waals surface area contributed by atoms with E-state index in [1.807, 2.05) is 0 Å². The standard InChI is InChI=1S/C11H14N4O4/c1-6-2-7(11(18)19)3-14-10(6)15(4-8(12)16)5-9(13)17/h2-3H,4-5H2,1H3,(H2,12,16)(H2,13,17)(H,18,19). The van der Waals surface area contributed by atoms with Gasteiger partial charge in [0.25, 0.3) is 0 Å². The first-order valence-corrected chi connectivity index (χ1v) is 5.32. The number of nitrogens with zero attached hydrogens (tertiary/aromatic N) is 2. The summed E-state index contributed by atoms with van der Waals surface area (Å²) in [6, 6.07) is 1.39. The number of carboxylic acids is 1. The lowest BCUT2D eigenvalue weighted by atomic mass is 10.2. The number of anilines is 1. The lowest BCUT2D eigenvalue weighted by Gasteiger charge is -2.22. The van der Waals surface area contributed by atoms with E-state index in [2.05, 4.69) is 4.98 Å². The van der Waals surface area contributed by atoms with Gasteiger partial charge in [-0.15, -0.1) is 0 Å². The minimum Gasteiger partial charge on any atom is -0.478 e. The van der Waals surface area contributed by atoms with E-state index < -0.39 is 17.8 Å². The van der Waals surface area contributed by atoms with Crippen LogP contribution in [0.25, 0.3) is 0 Å². The smallest absolute Gasteiger partial charge is 0.337 e. The number of primary amides is 2. The molecule has 0 aromatic carbocycles. The molecule has 1 aromatic heterocycles. The van der Waals surface area contributed by atoms with Gasteiger partial charge in [-0.3, -0.25) is 9.59 Å². The maximum absolute atomic E-state index is 11.0. The first-order chi connectivity index (χ1) is 8.81. The number of carbonyl (C=O) groups is 3. The maximum Gasteiger partial charge on any atom is 0.337 e. The number of aromatic nitrogens is 1. The fourth-order valence-electron chi connectivity index (χ4n) is 1.60. The van der Waals surface area contributed by atoms with Crippen molar-refractivity contribution in [1.29, 1.82) is 0 Å². The Morgan fingerprint density at radius 3 is 2.16 bits per heavy atom. The topological polar surface area (TPSA) is 140 Å². The zero-order valence-corrected chi connectivity index (χ0v) is 10.3. The molecule has 102 valence electrons. The highest BCUT2D eigenvalue weighted by Crippen LogP contribution is 2.17. The van der Waals surface area contributed by atoms with E-state index in [1.54, 1.807) is 6.92 Å². The highest BCUT2D eigenvalue weighted by Gasteiger charge is 2.17. The van der Waals surface area contributed by atoms with Crippen LogP contribution in [0.15, 0.2) is 12.3 Å². The summed E-state index contributed by atoms with van der Waals surface area (Å²) in [5.74, 6) is -2.12. The van der Waals surface area contributed by atoms with Gasteiger partial charge in [-0.1, -0.05) is 0 Å². The van der Waals surface area contributed by atoms with Gasteiger partial charge in [0.15, 0.2) is 0 Å². The van der Waals surface area contributed by atoms with Gasteiger partial charge in [-0.05, 0) is 18.6 Å². The van der Waals surface area contributed by atoms with Crippen LogP contribution >= 0.6 is 0 Å². The molecule has 1 heterocycles. The van der Waals surface area contributed by atoms with Crippen LogP contribution in [0.1, 0.15) is 15.9 Å². The molecular formula is C11H14N4O4. The van der Waals surface area contributed by atoms with Crippen LogP contribution in [0, 0.1) is 6.92 Å². The molecule has 1 rings (SSSR count). The lowest BCUT2D eigenvalue weighted by Crippen LogP contribution is -2.40. The molecule has 8 nitrogen and oxygen atoms in total. The number of hydrogen-bond acceptors (Lipinski definition) is 5. The van der Waals surface area contributed by atoms with E-state index in [1.165, 1.54) is 11.0 Å². The highest BCUT2D eigenvalue weighted by molar-refractivity contribution is 5.88. The van der Waals surface area contributed by atoms with E-state index in [-0.39, 0.29) is 18.7 Å². The summed E-state index contributed by atoms with van der Waals surface area (Å²) >= 11 is 0. The Bertz CT molecular complexity index is 513. The molecule has 0 unspecified atom stereocenters. The quantitative estimate of drug-likeness (QED) is 0.595. The number of hydrogen-bond donors (Lipinski definition) is 3. The van der Waals surface area contributed by atoms with Gasteiger partial charge in [0.1, 0.15) is 5.82 Å². The van der Waals surface area contributed by atoms with Crippen molar-refractivity contribution < 1.29 is 19.5 Å². The summed E-state index contributed by atoms with van der Waals surface area (Å²) in [6.45, 7) is 1.15. The fraction of sp³-hybridized carbons (Fsp3) is 0.273. The number of rotatable bonds is 6. The van der Waals surface area contributed by atoms with E-state index >= 15 is 0 Å². The second kappa shape index (κ2) is 5.80. The molecule has 0 saturated heterocycles. The number of nitrogens with two attached hydrogens (primary N) is 2. The van der Waals surface area contributed by atoms with Gasteiger partial charge < -0.3 is 21.5 Å².